The maximum atomic E-state index is 12.5. The predicted molar refractivity (Wildman–Crippen MR) is 85.3 cm³/mol. The molecule has 0 spiro atoms. The van der Waals surface area contributed by atoms with Gasteiger partial charge in [0.1, 0.15) is 0 Å². The Morgan fingerprint density at radius 2 is 1.86 bits per heavy atom. The minimum Gasteiger partial charge on any atom is -0.341 e. The lowest BCUT2D eigenvalue weighted by molar-refractivity contribution is -0.133. The fraction of sp³-hybridized carbons (Fsp3) is 0.941. The SMILES string of the molecule is O=C(CCC1CCCCN1)N1CCCC(N2CCCC2)C1. The van der Waals surface area contributed by atoms with Gasteiger partial charge in [0, 0.05) is 31.6 Å². The molecule has 0 aliphatic carbocycles. The first-order valence-corrected chi connectivity index (χ1v) is 9.08. The fourth-order valence-corrected chi connectivity index (χ4v) is 4.21. The third-order valence-corrected chi connectivity index (χ3v) is 5.53. The summed E-state index contributed by atoms with van der Waals surface area (Å²) >= 11 is 0. The molecule has 0 aromatic heterocycles. The monoisotopic (exact) mass is 293 g/mol. The molecule has 3 saturated heterocycles. The molecule has 3 aliphatic heterocycles. The van der Waals surface area contributed by atoms with Crippen LogP contribution in [0.15, 0.2) is 0 Å². The van der Waals surface area contributed by atoms with Crippen LogP contribution in [0.25, 0.3) is 0 Å². The zero-order valence-corrected chi connectivity index (χ0v) is 13.4. The minimum absolute atomic E-state index is 0.395. The van der Waals surface area contributed by atoms with E-state index in [1.165, 1.54) is 58.0 Å². The Labute approximate surface area is 129 Å². The van der Waals surface area contributed by atoms with Crippen molar-refractivity contribution in [3.63, 3.8) is 0 Å². The summed E-state index contributed by atoms with van der Waals surface area (Å²) < 4.78 is 0. The van der Waals surface area contributed by atoms with Gasteiger partial charge in [-0.2, -0.15) is 0 Å². The van der Waals surface area contributed by atoms with Crippen LogP contribution in [0.3, 0.4) is 0 Å². The third-order valence-electron chi connectivity index (χ3n) is 5.53. The van der Waals surface area contributed by atoms with Crippen molar-refractivity contribution in [3.05, 3.63) is 0 Å². The van der Waals surface area contributed by atoms with E-state index in [-0.39, 0.29) is 0 Å². The van der Waals surface area contributed by atoms with Gasteiger partial charge in [-0.3, -0.25) is 9.69 Å². The van der Waals surface area contributed by atoms with Gasteiger partial charge >= 0.3 is 0 Å². The number of rotatable bonds is 4. The Hall–Kier alpha value is -0.610. The first-order chi connectivity index (χ1) is 10.3. The highest BCUT2D eigenvalue weighted by molar-refractivity contribution is 5.76. The first kappa shape index (κ1) is 15.3. The Balaban J connectivity index is 1.42. The number of nitrogens with zero attached hydrogens (tertiary/aromatic N) is 2. The van der Waals surface area contributed by atoms with Crippen LogP contribution < -0.4 is 5.32 Å². The van der Waals surface area contributed by atoms with Gasteiger partial charge in [0.15, 0.2) is 0 Å². The van der Waals surface area contributed by atoms with Gasteiger partial charge in [-0.05, 0) is 64.6 Å². The summed E-state index contributed by atoms with van der Waals surface area (Å²) in [6, 6.07) is 1.22. The quantitative estimate of drug-likeness (QED) is 0.861. The number of carbonyl (C=O) groups is 1. The lowest BCUT2D eigenvalue weighted by Gasteiger charge is -2.38. The molecule has 0 aromatic carbocycles. The number of piperidine rings is 2. The van der Waals surface area contributed by atoms with Crippen LogP contribution in [-0.4, -0.2) is 60.5 Å². The molecule has 0 radical (unpaired) electrons. The fourth-order valence-electron chi connectivity index (χ4n) is 4.21. The zero-order chi connectivity index (χ0) is 14.5. The number of hydrogen-bond acceptors (Lipinski definition) is 3. The second kappa shape index (κ2) is 7.59. The van der Waals surface area contributed by atoms with Crippen LogP contribution in [0.1, 0.15) is 57.8 Å². The molecular formula is C17H31N3O. The summed E-state index contributed by atoms with van der Waals surface area (Å²) in [5.41, 5.74) is 0. The van der Waals surface area contributed by atoms with E-state index in [1.807, 2.05) is 0 Å². The Morgan fingerprint density at radius 3 is 2.62 bits per heavy atom. The number of likely N-dealkylation sites (tertiary alicyclic amines) is 2. The molecule has 0 aromatic rings. The summed E-state index contributed by atoms with van der Waals surface area (Å²) in [5, 5.41) is 3.55. The average Bonchev–Trinajstić information content (AvgIpc) is 3.08. The number of hydrogen-bond donors (Lipinski definition) is 1. The van der Waals surface area contributed by atoms with Gasteiger partial charge in [0.2, 0.25) is 5.91 Å². The lowest BCUT2D eigenvalue weighted by atomic mass is 9.99. The molecule has 2 unspecified atom stereocenters. The third kappa shape index (κ3) is 4.19. The van der Waals surface area contributed by atoms with Crippen molar-refractivity contribution in [2.75, 3.05) is 32.7 Å². The molecule has 3 aliphatic rings. The molecule has 0 saturated carbocycles. The van der Waals surface area contributed by atoms with E-state index >= 15 is 0 Å². The molecule has 1 N–H and O–H groups in total. The van der Waals surface area contributed by atoms with Gasteiger partial charge in [-0.25, -0.2) is 0 Å². The predicted octanol–water partition coefficient (Wildman–Crippen LogP) is 2.00. The van der Waals surface area contributed by atoms with Crippen LogP contribution in [0.2, 0.25) is 0 Å². The van der Waals surface area contributed by atoms with Crippen molar-refractivity contribution in [3.8, 4) is 0 Å². The second-order valence-corrected chi connectivity index (χ2v) is 7.06. The van der Waals surface area contributed by atoms with Crippen molar-refractivity contribution in [1.29, 1.82) is 0 Å². The normalized spacial score (nSPS) is 31.5. The van der Waals surface area contributed by atoms with E-state index in [2.05, 4.69) is 15.1 Å². The molecule has 1 amide bonds. The van der Waals surface area contributed by atoms with Crippen molar-refractivity contribution < 1.29 is 4.79 Å². The topological polar surface area (TPSA) is 35.6 Å². The van der Waals surface area contributed by atoms with E-state index in [4.69, 9.17) is 0 Å². The first-order valence-electron chi connectivity index (χ1n) is 9.08. The van der Waals surface area contributed by atoms with Crippen molar-refractivity contribution in [1.82, 2.24) is 15.1 Å². The summed E-state index contributed by atoms with van der Waals surface area (Å²) in [7, 11) is 0. The van der Waals surface area contributed by atoms with Gasteiger partial charge < -0.3 is 10.2 Å². The minimum atomic E-state index is 0.395. The molecule has 3 fully saturated rings. The molecule has 2 atom stereocenters. The molecule has 120 valence electrons. The van der Waals surface area contributed by atoms with Crippen molar-refractivity contribution in [2.24, 2.45) is 0 Å². The van der Waals surface area contributed by atoms with Gasteiger partial charge in [-0.1, -0.05) is 6.42 Å². The van der Waals surface area contributed by atoms with Gasteiger partial charge in [-0.15, -0.1) is 0 Å². The van der Waals surface area contributed by atoms with Crippen molar-refractivity contribution in [2.45, 2.75) is 69.9 Å². The number of nitrogens with one attached hydrogen (secondary N) is 1. The van der Waals surface area contributed by atoms with Gasteiger partial charge in [0.05, 0.1) is 0 Å². The standard InChI is InChI=1S/C17H31N3O/c21-17(9-8-15-6-1-2-10-18-15)20-13-5-7-16(14-20)19-11-3-4-12-19/h15-16,18H,1-14H2. The Bertz CT molecular complexity index is 335. The Morgan fingerprint density at radius 1 is 1.00 bits per heavy atom. The zero-order valence-electron chi connectivity index (χ0n) is 13.4. The summed E-state index contributed by atoms with van der Waals surface area (Å²) in [6.45, 7) is 5.61. The van der Waals surface area contributed by atoms with E-state index < -0.39 is 0 Å². The molecule has 4 heteroatoms. The summed E-state index contributed by atoms with van der Waals surface area (Å²) in [6.07, 6.45) is 10.8. The van der Waals surface area contributed by atoms with E-state index in [1.54, 1.807) is 0 Å². The molecular weight excluding hydrogens is 262 g/mol. The highest BCUT2D eigenvalue weighted by Crippen LogP contribution is 2.21. The molecule has 3 heterocycles. The number of carbonyl (C=O) groups excluding carboxylic acids is 1. The van der Waals surface area contributed by atoms with Crippen LogP contribution in [0, 0.1) is 0 Å². The molecule has 3 rings (SSSR count). The maximum absolute atomic E-state index is 12.5. The second-order valence-electron chi connectivity index (χ2n) is 7.06. The lowest BCUT2D eigenvalue weighted by Crippen LogP contribution is -2.49. The molecule has 4 nitrogen and oxygen atoms in total. The van der Waals surface area contributed by atoms with Crippen LogP contribution in [0.4, 0.5) is 0 Å². The molecule has 21 heavy (non-hydrogen) atoms. The van der Waals surface area contributed by atoms with Crippen molar-refractivity contribution >= 4 is 5.91 Å². The smallest absolute Gasteiger partial charge is 0.222 e. The average molecular weight is 293 g/mol. The van der Waals surface area contributed by atoms with Crippen LogP contribution in [-0.2, 0) is 4.79 Å². The number of amides is 1. The van der Waals surface area contributed by atoms with E-state index in [9.17, 15) is 4.79 Å². The summed E-state index contributed by atoms with van der Waals surface area (Å²) in [4.78, 5) is 17.2. The summed E-state index contributed by atoms with van der Waals surface area (Å²) in [5.74, 6) is 0.395. The highest BCUT2D eigenvalue weighted by Gasteiger charge is 2.29. The largest absolute Gasteiger partial charge is 0.341 e. The van der Waals surface area contributed by atoms with Crippen LogP contribution >= 0.6 is 0 Å². The Kier molecular flexibility index (Phi) is 5.53. The van der Waals surface area contributed by atoms with Gasteiger partial charge in [0.25, 0.3) is 0 Å². The van der Waals surface area contributed by atoms with Crippen LogP contribution in [0.5, 0.6) is 0 Å². The van der Waals surface area contributed by atoms with E-state index in [0.717, 1.165) is 32.5 Å². The van der Waals surface area contributed by atoms with E-state index in [0.29, 0.717) is 18.0 Å². The highest BCUT2D eigenvalue weighted by atomic mass is 16.2. The maximum Gasteiger partial charge on any atom is 0.222 e. The molecule has 0 bridgehead atoms.